The maximum atomic E-state index is 14.0. The van der Waals surface area contributed by atoms with E-state index in [9.17, 15) is 4.79 Å². The topological polar surface area (TPSA) is 67.4 Å². The summed E-state index contributed by atoms with van der Waals surface area (Å²) in [5.41, 5.74) is 1.40. The smallest absolute Gasteiger partial charge is 0.233 e. The zero-order chi connectivity index (χ0) is 22.1. The Morgan fingerprint density at radius 2 is 1.81 bits per heavy atom. The monoisotopic (exact) mass is 422 g/mol. The molecule has 1 saturated carbocycles. The predicted octanol–water partition coefficient (Wildman–Crippen LogP) is 4.23. The van der Waals surface area contributed by atoms with Gasteiger partial charge in [-0.3, -0.25) is 4.79 Å². The number of nitrogens with one attached hydrogen (secondary N) is 1. The molecule has 1 amide bonds. The molecular formula is C25H34N4O2. The molecule has 1 aliphatic carbocycles. The quantitative estimate of drug-likeness (QED) is 0.781. The zero-order valence-corrected chi connectivity index (χ0v) is 19.2. The van der Waals surface area contributed by atoms with Crippen molar-refractivity contribution in [1.82, 2.24) is 14.9 Å². The third-order valence-electron chi connectivity index (χ3n) is 7.14. The molecule has 2 aliphatic rings. The summed E-state index contributed by atoms with van der Waals surface area (Å²) < 4.78 is 5.33. The Morgan fingerprint density at radius 1 is 1.10 bits per heavy atom. The number of methoxy groups -OCH3 is 1. The minimum atomic E-state index is -0.423. The summed E-state index contributed by atoms with van der Waals surface area (Å²) in [6.07, 6.45) is 5.96. The number of benzene rings is 1. The molecule has 1 atom stereocenters. The highest BCUT2D eigenvalue weighted by Crippen LogP contribution is 2.44. The molecule has 6 nitrogen and oxygen atoms in total. The van der Waals surface area contributed by atoms with Crippen molar-refractivity contribution in [3.05, 3.63) is 47.4 Å². The van der Waals surface area contributed by atoms with Crippen LogP contribution in [-0.4, -0.2) is 48.0 Å². The Labute approximate surface area is 185 Å². The number of ether oxygens (including phenoxy) is 1. The number of hydrogen-bond acceptors (Lipinski definition) is 5. The summed E-state index contributed by atoms with van der Waals surface area (Å²) in [5.74, 6) is 2.76. The van der Waals surface area contributed by atoms with Gasteiger partial charge in [0, 0.05) is 37.3 Å². The van der Waals surface area contributed by atoms with Gasteiger partial charge in [0.2, 0.25) is 5.91 Å². The molecule has 6 heteroatoms. The maximum Gasteiger partial charge on any atom is 0.233 e. The minimum absolute atomic E-state index is 0.245. The molecule has 31 heavy (non-hydrogen) atoms. The number of likely N-dealkylation sites (tertiary alicyclic amines) is 1. The van der Waals surface area contributed by atoms with Gasteiger partial charge in [0.05, 0.1) is 12.5 Å². The van der Waals surface area contributed by atoms with Gasteiger partial charge in [-0.2, -0.15) is 0 Å². The van der Waals surface area contributed by atoms with Crippen molar-refractivity contribution in [1.29, 1.82) is 0 Å². The number of aryl methyl sites for hydroxylation is 1. The molecule has 1 aromatic carbocycles. The number of carbonyl (C=O) groups is 1. The summed E-state index contributed by atoms with van der Waals surface area (Å²) >= 11 is 0. The largest absolute Gasteiger partial charge is 0.497 e. The Hall–Kier alpha value is -2.63. The lowest BCUT2D eigenvalue weighted by Crippen LogP contribution is -2.53. The van der Waals surface area contributed by atoms with Gasteiger partial charge in [-0.1, -0.05) is 31.9 Å². The molecule has 0 unspecified atom stereocenters. The van der Waals surface area contributed by atoms with Gasteiger partial charge in [0.25, 0.3) is 0 Å². The van der Waals surface area contributed by atoms with E-state index in [1.807, 2.05) is 32.2 Å². The van der Waals surface area contributed by atoms with Crippen molar-refractivity contribution in [3.8, 4) is 5.75 Å². The number of carbonyl (C=O) groups excluding carboxylic acids is 1. The van der Waals surface area contributed by atoms with Gasteiger partial charge in [0.1, 0.15) is 17.4 Å². The lowest BCUT2D eigenvalue weighted by atomic mass is 9.75. The van der Waals surface area contributed by atoms with Crippen LogP contribution in [0.15, 0.2) is 30.3 Å². The van der Waals surface area contributed by atoms with Gasteiger partial charge in [-0.25, -0.2) is 9.97 Å². The first kappa shape index (κ1) is 21.6. The van der Waals surface area contributed by atoms with Crippen LogP contribution in [0.3, 0.4) is 0 Å². The summed E-state index contributed by atoms with van der Waals surface area (Å²) in [7, 11) is 3.55. The maximum absolute atomic E-state index is 14.0. The first-order valence-electron chi connectivity index (χ1n) is 11.4. The first-order chi connectivity index (χ1) is 14.9. The predicted molar refractivity (Wildman–Crippen MR) is 123 cm³/mol. The SMILES string of the molecule is CNc1cc(C)nc([C@]2(C)CCCN(C(=O)C3(c4ccc(OC)cc4)CCCC3)C2)n1. The van der Waals surface area contributed by atoms with Crippen LogP contribution in [0.4, 0.5) is 5.82 Å². The highest BCUT2D eigenvalue weighted by atomic mass is 16.5. The van der Waals surface area contributed by atoms with E-state index >= 15 is 0 Å². The Morgan fingerprint density at radius 3 is 2.45 bits per heavy atom. The Balaban J connectivity index is 1.63. The van der Waals surface area contributed by atoms with Gasteiger partial charge in [-0.05, 0) is 50.3 Å². The van der Waals surface area contributed by atoms with E-state index in [0.29, 0.717) is 6.54 Å². The lowest BCUT2D eigenvalue weighted by Gasteiger charge is -2.43. The molecule has 0 spiro atoms. The summed E-state index contributed by atoms with van der Waals surface area (Å²) in [4.78, 5) is 25.6. The molecule has 1 aliphatic heterocycles. The second-order valence-electron chi connectivity index (χ2n) is 9.38. The van der Waals surface area contributed by atoms with Crippen LogP contribution in [0.25, 0.3) is 0 Å². The molecule has 1 aromatic heterocycles. The number of anilines is 1. The molecule has 2 aromatic rings. The third-order valence-corrected chi connectivity index (χ3v) is 7.14. The molecule has 1 N–H and O–H groups in total. The molecule has 0 radical (unpaired) electrons. The third kappa shape index (κ3) is 4.00. The van der Waals surface area contributed by atoms with E-state index in [1.54, 1.807) is 7.11 Å². The fraction of sp³-hybridized carbons (Fsp3) is 0.560. The lowest BCUT2D eigenvalue weighted by molar-refractivity contribution is -0.139. The number of hydrogen-bond donors (Lipinski definition) is 1. The summed E-state index contributed by atoms with van der Waals surface area (Å²) in [6, 6.07) is 10.1. The number of piperidine rings is 1. The van der Waals surface area contributed by atoms with E-state index in [2.05, 4.69) is 29.3 Å². The number of nitrogens with zero attached hydrogens (tertiary/aromatic N) is 3. The van der Waals surface area contributed by atoms with Crippen molar-refractivity contribution in [2.75, 3.05) is 32.6 Å². The van der Waals surface area contributed by atoms with Crippen LogP contribution in [0.1, 0.15) is 62.5 Å². The first-order valence-corrected chi connectivity index (χ1v) is 11.4. The number of aromatic nitrogens is 2. The molecular weight excluding hydrogens is 388 g/mol. The van der Waals surface area contributed by atoms with Crippen molar-refractivity contribution in [3.63, 3.8) is 0 Å². The molecule has 4 rings (SSSR count). The van der Waals surface area contributed by atoms with Gasteiger partial charge >= 0.3 is 0 Å². The van der Waals surface area contributed by atoms with Gasteiger partial charge < -0.3 is 15.0 Å². The average molecular weight is 423 g/mol. The Bertz CT molecular complexity index is 937. The second-order valence-corrected chi connectivity index (χ2v) is 9.38. The van der Waals surface area contributed by atoms with E-state index in [1.165, 1.54) is 0 Å². The normalized spacial score (nSPS) is 22.9. The summed E-state index contributed by atoms with van der Waals surface area (Å²) in [5, 5.41) is 3.14. The number of amides is 1. The molecule has 1 saturated heterocycles. The van der Waals surface area contributed by atoms with E-state index in [-0.39, 0.29) is 11.3 Å². The van der Waals surface area contributed by atoms with E-state index in [4.69, 9.17) is 14.7 Å². The van der Waals surface area contributed by atoms with Crippen LogP contribution in [0.5, 0.6) is 5.75 Å². The highest BCUT2D eigenvalue weighted by Gasteiger charge is 2.47. The second kappa shape index (κ2) is 8.48. The van der Waals surface area contributed by atoms with Crippen molar-refractivity contribution in [2.24, 2.45) is 0 Å². The van der Waals surface area contributed by atoms with E-state index in [0.717, 1.165) is 73.7 Å². The fourth-order valence-corrected chi connectivity index (χ4v) is 5.38. The number of rotatable bonds is 5. The highest BCUT2D eigenvalue weighted by molar-refractivity contribution is 5.89. The van der Waals surface area contributed by atoms with Crippen LogP contribution in [0, 0.1) is 6.92 Å². The standard InChI is InChI=1S/C25H34N4O2/c1-18-16-21(26-3)28-22(27-18)24(2)12-7-15-29(17-24)23(30)25(13-5-6-14-25)19-8-10-20(31-4)11-9-19/h8-11,16H,5-7,12-15,17H2,1-4H3,(H,26,27,28)/t24-/m1/s1. The Kier molecular flexibility index (Phi) is 5.91. The van der Waals surface area contributed by atoms with Crippen LogP contribution in [-0.2, 0) is 15.6 Å². The van der Waals surface area contributed by atoms with Crippen LogP contribution in [0.2, 0.25) is 0 Å². The minimum Gasteiger partial charge on any atom is -0.497 e. The van der Waals surface area contributed by atoms with Crippen LogP contribution >= 0.6 is 0 Å². The molecule has 166 valence electrons. The molecule has 2 heterocycles. The van der Waals surface area contributed by atoms with E-state index < -0.39 is 5.41 Å². The van der Waals surface area contributed by atoms with Gasteiger partial charge in [-0.15, -0.1) is 0 Å². The molecule has 0 bridgehead atoms. The fourth-order valence-electron chi connectivity index (χ4n) is 5.38. The van der Waals surface area contributed by atoms with Crippen molar-refractivity contribution >= 4 is 11.7 Å². The zero-order valence-electron chi connectivity index (χ0n) is 19.2. The van der Waals surface area contributed by atoms with Crippen LogP contribution < -0.4 is 10.1 Å². The van der Waals surface area contributed by atoms with Crippen molar-refractivity contribution < 1.29 is 9.53 Å². The van der Waals surface area contributed by atoms with Crippen molar-refractivity contribution in [2.45, 2.75) is 63.2 Å². The molecule has 2 fully saturated rings. The van der Waals surface area contributed by atoms with Gasteiger partial charge in [0.15, 0.2) is 0 Å². The average Bonchev–Trinajstić information content (AvgIpc) is 3.29. The summed E-state index contributed by atoms with van der Waals surface area (Å²) in [6.45, 7) is 5.67.